The van der Waals surface area contributed by atoms with Crippen LogP contribution in [0.15, 0.2) is 33.7 Å². The molecular formula is C23H35IN4O4. The normalized spacial score (nSPS) is 15.6. The van der Waals surface area contributed by atoms with Crippen molar-refractivity contribution in [2.24, 2.45) is 4.99 Å². The van der Waals surface area contributed by atoms with Gasteiger partial charge in [-0.3, -0.25) is 9.89 Å². The molecule has 9 heteroatoms. The average Bonchev–Trinajstić information content (AvgIpc) is 3.13. The second-order valence-corrected chi connectivity index (χ2v) is 7.52. The number of hydrogen-bond donors (Lipinski definition) is 2. The largest absolute Gasteiger partial charge is 0.493 e. The highest BCUT2D eigenvalue weighted by atomic mass is 127. The summed E-state index contributed by atoms with van der Waals surface area (Å²) in [6, 6.07) is 8.29. The Bertz CT molecular complexity index is 881. The third kappa shape index (κ3) is 6.76. The van der Waals surface area contributed by atoms with Crippen LogP contribution in [0.2, 0.25) is 0 Å². The third-order valence-corrected chi connectivity index (χ3v) is 5.56. The van der Waals surface area contributed by atoms with Crippen molar-refractivity contribution in [1.29, 1.82) is 0 Å². The number of guanidine groups is 1. The summed E-state index contributed by atoms with van der Waals surface area (Å²) in [6.07, 6.45) is 0. The van der Waals surface area contributed by atoms with Gasteiger partial charge in [-0.25, -0.2) is 0 Å². The number of furan rings is 1. The molecule has 0 bridgehead atoms. The smallest absolute Gasteiger partial charge is 0.191 e. The molecule has 32 heavy (non-hydrogen) atoms. The van der Waals surface area contributed by atoms with E-state index in [4.69, 9.17) is 18.6 Å². The minimum atomic E-state index is 0. The van der Waals surface area contributed by atoms with Crippen LogP contribution in [0.1, 0.15) is 28.7 Å². The van der Waals surface area contributed by atoms with E-state index in [9.17, 15) is 0 Å². The van der Waals surface area contributed by atoms with E-state index in [0.29, 0.717) is 13.1 Å². The van der Waals surface area contributed by atoms with Gasteiger partial charge in [0.05, 0.1) is 33.5 Å². The van der Waals surface area contributed by atoms with Gasteiger partial charge in [-0.15, -0.1) is 24.0 Å². The van der Waals surface area contributed by atoms with Crippen molar-refractivity contribution in [2.75, 3.05) is 54.1 Å². The molecule has 0 aliphatic carbocycles. The first-order valence-corrected chi connectivity index (χ1v) is 10.6. The Morgan fingerprint density at radius 2 is 1.81 bits per heavy atom. The molecule has 1 saturated heterocycles. The number of morpholine rings is 1. The summed E-state index contributed by atoms with van der Waals surface area (Å²) in [4.78, 5) is 6.81. The number of ether oxygens (including phenoxy) is 3. The molecule has 1 aromatic heterocycles. The highest BCUT2D eigenvalue weighted by Crippen LogP contribution is 2.32. The summed E-state index contributed by atoms with van der Waals surface area (Å²) >= 11 is 0. The van der Waals surface area contributed by atoms with Gasteiger partial charge in [0.2, 0.25) is 0 Å². The lowest BCUT2D eigenvalue weighted by atomic mass is 10.0. The summed E-state index contributed by atoms with van der Waals surface area (Å²) < 4.78 is 22.1. The molecule has 0 amide bonds. The SMILES string of the molecule is CN=C(NCc1cc(C)oc1C)NCC(c1ccc(OC)c(OC)c1)N1CCOCC1.I. The monoisotopic (exact) mass is 558 g/mol. The number of hydrogen-bond acceptors (Lipinski definition) is 6. The summed E-state index contributed by atoms with van der Waals surface area (Å²) in [7, 11) is 5.09. The molecule has 1 aromatic carbocycles. The van der Waals surface area contributed by atoms with Crippen molar-refractivity contribution < 1.29 is 18.6 Å². The van der Waals surface area contributed by atoms with Crippen LogP contribution in [0.5, 0.6) is 11.5 Å². The highest BCUT2D eigenvalue weighted by molar-refractivity contribution is 14.0. The molecule has 2 N–H and O–H groups in total. The molecule has 1 atom stereocenters. The van der Waals surface area contributed by atoms with Crippen LogP contribution in [-0.4, -0.2) is 65.0 Å². The molecule has 2 heterocycles. The van der Waals surface area contributed by atoms with Crippen LogP contribution in [-0.2, 0) is 11.3 Å². The van der Waals surface area contributed by atoms with Crippen molar-refractivity contribution in [3.63, 3.8) is 0 Å². The van der Waals surface area contributed by atoms with Gasteiger partial charge in [0.1, 0.15) is 11.5 Å². The Labute approximate surface area is 207 Å². The number of rotatable bonds is 8. The standard InChI is InChI=1S/C23H34N4O4.HI/c1-16-12-19(17(2)31-16)14-25-23(24-3)26-15-20(27-8-10-30-11-9-27)18-6-7-21(28-4)22(13-18)29-5;/h6-7,12-13,20H,8-11,14-15H2,1-5H3,(H2,24,25,26);1H. The number of methoxy groups -OCH3 is 2. The van der Waals surface area contributed by atoms with Crippen LogP contribution in [0.4, 0.5) is 0 Å². The molecule has 1 unspecified atom stereocenters. The van der Waals surface area contributed by atoms with E-state index in [2.05, 4.69) is 38.7 Å². The molecule has 8 nitrogen and oxygen atoms in total. The van der Waals surface area contributed by atoms with Gasteiger partial charge in [0, 0.05) is 38.8 Å². The first-order valence-electron chi connectivity index (χ1n) is 10.6. The predicted octanol–water partition coefficient (Wildman–Crippen LogP) is 3.27. The van der Waals surface area contributed by atoms with E-state index < -0.39 is 0 Å². The fourth-order valence-corrected chi connectivity index (χ4v) is 3.86. The van der Waals surface area contributed by atoms with Gasteiger partial charge in [-0.05, 0) is 37.6 Å². The highest BCUT2D eigenvalue weighted by Gasteiger charge is 2.24. The van der Waals surface area contributed by atoms with Gasteiger partial charge >= 0.3 is 0 Å². The van der Waals surface area contributed by atoms with E-state index in [1.807, 2.05) is 19.9 Å². The zero-order valence-corrected chi connectivity index (χ0v) is 21.9. The maximum absolute atomic E-state index is 5.62. The van der Waals surface area contributed by atoms with E-state index in [1.54, 1.807) is 21.3 Å². The first-order chi connectivity index (χ1) is 15.0. The van der Waals surface area contributed by atoms with E-state index in [0.717, 1.165) is 66.4 Å². The molecule has 1 fully saturated rings. The molecule has 1 aliphatic rings. The van der Waals surface area contributed by atoms with Crippen LogP contribution >= 0.6 is 24.0 Å². The minimum absolute atomic E-state index is 0. The summed E-state index contributed by atoms with van der Waals surface area (Å²) in [6.45, 7) is 8.50. The maximum Gasteiger partial charge on any atom is 0.191 e. The van der Waals surface area contributed by atoms with Crippen LogP contribution < -0.4 is 20.1 Å². The molecule has 0 saturated carbocycles. The van der Waals surface area contributed by atoms with Gasteiger partial charge < -0.3 is 29.3 Å². The van der Waals surface area contributed by atoms with E-state index in [1.165, 1.54) is 0 Å². The summed E-state index contributed by atoms with van der Waals surface area (Å²) in [5.74, 6) is 4.04. The lowest BCUT2D eigenvalue weighted by molar-refractivity contribution is 0.0169. The number of halogens is 1. The Balaban J connectivity index is 0.00000363. The fraction of sp³-hybridized carbons (Fsp3) is 0.522. The van der Waals surface area contributed by atoms with Crippen molar-refractivity contribution in [2.45, 2.75) is 26.4 Å². The molecule has 0 spiro atoms. The Morgan fingerprint density at radius 1 is 1.09 bits per heavy atom. The average molecular weight is 558 g/mol. The van der Waals surface area contributed by atoms with Gasteiger partial charge in [0.15, 0.2) is 17.5 Å². The predicted molar refractivity (Wildman–Crippen MR) is 136 cm³/mol. The second kappa shape index (κ2) is 12.9. The maximum atomic E-state index is 5.62. The quantitative estimate of drug-likeness (QED) is 0.293. The minimum Gasteiger partial charge on any atom is -0.493 e. The van der Waals surface area contributed by atoms with E-state index in [-0.39, 0.29) is 30.0 Å². The van der Waals surface area contributed by atoms with Gasteiger partial charge in [-0.2, -0.15) is 0 Å². The Morgan fingerprint density at radius 3 is 2.41 bits per heavy atom. The van der Waals surface area contributed by atoms with Crippen molar-refractivity contribution in [1.82, 2.24) is 15.5 Å². The number of nitrogens with zero attached hydrogens (tertiary/aromatic N) is 2. The fourth-order valence-electron chi connectivity index (χ4n) is 3.86. The lowest BCUT2D eigenvalue weighted by Crippen LogP contribution is -2.46. The zero-order chi connectivity index (χ0) is 22.2. The Hall–Kier alpha value is -1.98. The van der Waals surface area contributed by atoms with Crippen LogP contribution in [0.3, 0.4) is 0 Å². The van der Waals surface area contributed by atoms with Crippen molar-refractivity contribution >= 4 is 29.9 Å². The van der Waals surface area contributed by atoms with Crippen molar-refractivity contribution in [3.05, 3.63) is 46.9 Å². The van der Waals surface area contributed by atoms with E-state index >= 15 is 0 Å². The molecule has 178 valence electrons. The van der Waals surface area contributed by atoms with Crippen LogP contribution in [0.25, 0.3) is 0 Å². The molecular weight excluding hydrogens is 523 g/mol. The molecule has 0 radical (unpaired) electrons. The first kappa shape index (κ1) is 26.3. The number of aryl methyl sites for hydroxylation is 2. The summed E-state index contributed by atoms with van der Waals surface area (Å²) in [5.41, 5.74) is 2.29. The van der Waals surface area contributed by atoms with Gasteiger partial charge in [-0.1, -0.05) is 6.07 Å². The molecule has 1 aliphatic heterocycles. The van der Waals surface area contributed by atoms with Crippen molar-refractivity contribution in [3.8, 4) is 11.5 Å². The second-order valence-electron chi connectivity index (χ2n) is 7.52. The van der Waals surface area contributed by atoms with Gasteiger partial charge in [0.25, 0.3) is 0 Å². The zero-order valence-electron chi connectivity index (χ0n) is 19.6. The molecule has 3 rings (SSSR count). The number of nitrogens with one attached hydrogen (secondary N) is 2. The number of aliphatic imine (C=N–C) groups is 1. The Kier molecular flexibility index (Phi) is 10.6. The summed E-state index contributed by atoms with van der Waals surface area (Å²) in [5, 5.41) is 6.86. The number of benzene rings is 1. The molecule has 2 aromatic rings. The topological polar surface area (TPSA) is 80.5 Å². The lowest BCUT2D eigenvalue weighted by Gasteiger charge is -2.35. The third-order valence-electron chi connectivity index (χ3n) is 5.56. The van der Waals surface area contributed by atoms with Crippen LogP contribution in [0, 0.1) is 13.8 Å².